The second-order valence-electron chi connectivity index (χ2n) is 8.03. The van der Waals surface area contributed by atoms with E-state index in [1.54, 1.807) is 0 Å². The van der Waals surface area contributed by atoms with Crippen LogP contribution in [-0.2, 0) is 19.1 Å². The Morgan fingerprint density at radius 2 is 1.71 bits per heavy atom. The van der Waals surface area contributed by atoms with Crippen molar-refractivity contribution in [2.24, 2.45) is 17.3 Å². The first kappa shape index (κ1) is 20.5. The molecule has 138 valence electrons. The van der Waals surface area contributed by atoms with Gasteiger partial charge in [-0.25, -0.2) is 4.79 Å². The summed E-state index contributed by atoms with van der Waals surface area (Å²) in [6.45, 7) is 10.9. The number of amides is 2. The molecule has 1 rings (SSSR count). The summed E-state index contributed by atoms with van der Waals surface area (Å²) in [5.41, 5.74) is -0.400. The molecule has 6 nitrogen and oxygen atoms in total. The first-order valence-corrected chi connectivity index (χ1v) is 8.73. The number of piperidine rings is 1. The molecular weight excluding hydrogens is 308 g/mol. The van der Waals surface area contributed by atoms with Crippen molar-refractivity contribution in [3.63, 3.8) is 0 Å². The first-order chi connectivity index (χ1) is 11.1. The van der Waals surface area contributed by atoms with E-state index in [0.29, 0.717) is 32.4 Å². The normalized spacial score (nSPS) is 17.5. The highest BCUT2D eigenvalue weighted by atomic mass is 16.5. The summed E-state index contributed by atoms with van der Waals surface area (Å²) >= 11 is 0. The van der Waals surface area contributed by atoms with E-state index < -0.39 is 17.4 Å². The predicted molar refractivity (Wildman–Crippen MR) is 92.2 cm³/mol. The lowest BCUT2D eigenvalue weighted by atomic mass is 9.90. The molecule has 0 aliphatic carbocycles. The number of nitrogens with one attached hydrogen (secondary N) is 1. The van der Waals surface area contributed by atoms with Crippen molar-refractivity contribution < 1.29 is 19.1 Å². The van der Waals surface area contributed by atoms with Crippen molar-refractivity contribution in [3.8, 4) is 0 Å². The third-order valence-corrected chi connectivity index (χ3v) is 4.30. The quantitative estimate of drug-likeness (QED) is 0.777. The van der Waals surface area contributed by atoms with Crippen LogP contribution in [0.3, 0.4) is 0 Å². The van der Waals surface area contributed by atoms with Crippen LogP contribution in [0.15, 0.2) is 0 Å². The molecule has 0 bridgehead atoms. The van der Waals surface area contributed by atoms with Crippen molar-refractivity contribution in [1.29, 1.82) is 0 Å². The van der Waals surface area contributed by atoms with Gasteiger partial charge >= 0.3 is 5.97 Å². The molecule has 1 saturated heterocycles. The van der Waals surface area contributed by atoms with Gasteiger partial charge in [0.1, 0.15) is 6.04 Å². The Labute approximate surface area is 145 Å². The van der Waals surface area contributed by atoms with Gasteiger partial charge in [0.15, 0.2) is 0 Å². The molecule has 0 aromatic heterocycles. The van der Waals surface area contributed by atoms with Crippen LogP contribution in [0.5, 0.6) is 0 Å². The van der Waals surface area contributed by atoms with Crippen molar-refractivity contribution in [2.45, 2.75) is 59.9 Å². The number of hydrogen-bond donors (Lipinski definition) is 1. The van der Waals surface area contributed by atoms with Crippen molar-refractivity contribution in [2.75, 3.05) is 20.2 Å². The van der Waals surface area contributed by atoms with Crippen LogP contribution in [0, 0.1) is 17.3 Å². The summed E-state index contributed by atoms with van der Waals surface area (Å²) in [6, 6.07) is -0.600. The summed E-state index contributed by atoms with van der Waals surface area (Å²) in [5.74, 6) is -0.283. The summed E-state index contributed by atoms with van der Waals surface area (Å²) < 4.78 is 4.78. The second-order valence-corrected chi connectivity index (χ2v) is 8.03. The highest BCUT2D eigenvalue weighted by molar-refractivity contribution is 5.86. The molecule has 2 amide bonds. The number of hydrogen-bond acceptors (Lipinski definition) is 4. The van der Waals surface area contributed by atoms with E-state index >= 15 is 0 Å². The monoisotopic (exact) mass is 340 g/mol. The van der Waals surface area contributed by atoms with E-state index in [4.69, 9.17) is 4.74 Å². The molecular formula is C18H32N2O4. The minimum atomic E-state index is -0.600. The summed E-state index contributed by atoms with van der Waals surface area (Å²) in [5, 5.41) is 2.83. The Morgan fingerprint density at radius 1 is 1.17 bits per heavy atom. The molecule has 1 fully saturated rings. The van der Waals surface area contributed by atoms with Gasteiger partial charge in [-0.05, 0) is 25.2 Å². The highest BCUT2D eigenvalue weighted by Gasteiger charge is 2.33. The van der Waals surface area contributed by atoms with E-state index in [9.17, 15) is 14.4 Å². The van der Waals surface area contributed by atoms with E-state index in [1.165, 1.54) is 7.11 Å². The molecule has 1 aliphatic rings. The maximum Gasteiger partial charge on any atom is 0.328 e. The minimum Gasteiger partial charge on any atom is -0.467 e. The summed E-state index contributed by atoms with van der Waals surface area (Å²) in [6.07, 6.45) is 1.81. The van der Waals surface area contributed by atoms with Crippen LogP contribution in [-0.4, -0.2) is 48.9 Å². The van der Waals surface area contributed by atoms with E-state index in [2.05, 4.69) is 5.32 Å². The van der Waals surface area contributed by atoms with Gasteiger partial charge in [-0.3, -0.25) is 9.59 Å². The molecule has 0 saturated carbocycles. The maximum atomic E-state index is 12.5. The maximum absolute atomic E-state index is 12.5. The third kappa shape index (κ3) is 5.80. The number of ether oxygens (including phenoxy) is 1. The average Bonchev–Trinajstić information content (AvgIpc) is 2.51. The molecule has 6 heteroatoms. The van der Waals surface area contributed by atoms with Crippen LogP contribution in [0.25, 0.3) is 0 Å². The van der Waals surface area contributed by atoms with E-state index in [1.807, 2.05) is 39.5 Å². The fourth-order valence-corrected chi connectivity index (χ4v) is 2.94. The Balaban J connectivity index is 2.58. The number of nitrogens with zero attached hydrogens (tertiary/aromatic N) is 1. The molecule has 0 aromatic carbocycles. The number of carbonyl (C=O) groups excluding carboxylic acids is 3. The zero-order chi connectivity index (χ0) is 18.5. The van der Waals surface area contributed by atoms with Crippen LogP contribution in [0.4, 0.5) is 0 Å². The molecule has 24 heavy (non-hydrogen) atoms. The number of rotatable bonds is 5. The topological polar surface area (TPSA) is 75.7 Å². The lowest BCUT2D eigenvalue weighted by Crippen LogP contribution is -2.49. The van der Waals surface area contributed by atoms with Gasteiger partial charge in [0.2, 0.25) is 11.8 Å². The zero-order valence-electron chi connectivity index (χ0n) is 15.8. The molecule has 1 aliphatic heterocycles. The van der Waals surface area contributed by atoms with Gasteiger partial charge in [-0.2, -0.15) is 0 Å². The lowest BCUT2D eigenvalue weighted by molar-refractivity contribution is -0.146. The van der Waals surface area contributed by atoms with Crippen molar-refractivity contribution in [3.05, 3.63) is 0 Å². The summed E-state index contributed by atoms with van der Waals surface area (Å²) in [4.78, 5) is 38.4. The molecule has 0 aromatic rings. The van der Waals surface area contributed by atoms with Crippen LogP contribution in [0.1, 0.15) is 53.9 Å². The van der Waals surface area contributed by atoms with Crippen LogP contribution >= 0.6 is 0 Å². The van der Waals surface area contributed by atoms with Gasteiger partial charge in [-0.1, -0.05) is 34.6 Å². The fourth-order valence-electron chi connectivity index (χ4n) is 2.94. The average molecular weight is 340 g/mol. The zero-order valence-corrected chi connectivity index (χ0v) is 15.8. The Hall–Kier alpha value is -1.59. The molecule has 0 radical (unpaired) electrons. The highest BCUT2D eigenvalue weighted by Crippen LogP contribution is 2.24. The van der Waals surface area contributed by atoms with Gasteiger partial charge in [0, 0.05) is 24.4 Å². The number of carbonyl (C=O) groups is 3. The number of likely N-dealkylation sites (tertiary alicyclic amines) is 1. The molecule has 1 N–H and O–H groups in total. The molecule has 1 unspecified atom stereocenters. The molecule has 1 heterocycles. The third-order valence-electron chi connectivity index (χ3n) is 4.30. The van der Waals surface area contributed by atoms with E-state index in [-0.39, 0.29) is 23.7 Å². The smallest absolute Gasteiger partial charge is 0.328 e. The predicted octanol–water partition coefficient (Wildman–Crippen LogP) is 1.97. The number of methoxy groups -OCH3 is 1. The van der Waals surface area contributed by atoms with E-state index in [0.717, 1.165) is 0 Å². The van der Waals surface area contributed by atoms with Gasteiger partial charge in [-0.15, -0.1) is 0 Å². The van der Waals surface area contributed by atoms with Gasteiger partial charge in [0.05, 0.1) is 7.11 Å². The Kier molecular flexibility index (Phi) is 7.24. The van der Waals surface area contributed by atoms with Gasteiger partial charge in [0.25, 0.3) is 0 Å². The Morgan fingerprint density at radius 3 is 2.12 bits per heavy atom. The number of esters is 1. The molecule has 1 atom stereocenters. The second kappa shape index (κ2) is 8.49. The van der Waals surface area contributed by atoms with Gasteiger partial charge < -0.3 is 15.0 Å². The standard InChI is InChI=1S/C18H32N2O4/c1-12(2)11-14(16(22)24-6)19-15(21)13-7-9-20(10-8-13)17(23)18(3,4)5/h12-14H,7-11H2,1-6H3,(H,19,21). The largest absolute Gasteiger partial charge is 0.467 e. The SMILES string of the molecule is COC(=O)C(CC(C)C)NC(=O)C1CCN(C(=O)C(C)(C)C)CC1. The van der Waals surface area contributed by atoms with Crippen LogP contribution < -0.4 is 5.32 Å². The first-order valence-electron chi connectivity index (χ1n) is 8.73. The molecule has 0 spiro atoms. The van der Waals surface area contributed by atoms with Crippen molar-refractivity contribution >= 4 is 17.8 Å². The fraction of sp³-hybridized carbons (Fsp3) is 0.833. The lowest BCUT2D eigenvalue weighted by Gasteiger charge is -2.35. The Bertz CT molecular complexity index is 460. The minimum absolute atomic E-state index is 0.117. The van der Waals surface area contributed by atoms with Crippen molar-refractivity contribution in [1.82, 2.24) is 10.2 Å². The summed E-state index contributed by atoms with van der Waals surface area (Å²) in [7, 11) is 1.33. The van der Waals surface area contributed by atoms with Crippen LogP contribution in [0.2, 0.25) is 0 Å².